The molecule has 1 aliphatic rings. The highest BCUT2D eigenvalue weighted by Crippen LogP contribution is 2.07. The molecule has 116 valence electrons. The second kappa shape index (κ2) is 8.06. The first-order chi connectivity index (χ1) is 9.45. The van der Waals surface area contributed by atoms with E-state index in [1.807, 2.05) is 11.8 Å². The van der Waals surface area contributed by atoms with Crippen LogP contribution in [-0.2, 0) is 9.53 Å². The Morgan fingerprint density at radius 1 is 1.25 bits per heavy atom. The SMILES string of the molecule is COCCC(C)NC(=O)N1CCN(C(C)C(=O)O)CC1. The molecule has 0 saturated carbocycles. The van der Waals surface area contributed by atoms with Gasteiger partial charge in [0.05, 0.1) is 0 Å². The molecule has 0 aliphatic carbocycles. The van der Waals surface area contributed by atoms with Crippen molar-refractivity contribution in [3.05, 3.63) is 0 Å². The van der Waals surface area contributed by atoms with Gasteiger partial charge in [-0.2, -0.15) is 0 Å². The number of amides is 2. The number of carboxylic acid groups (broad SMARTS) is 1. The van der Waals surface area contributed by atoms with Gasteiger partial charge in [0.2, 0.25) is 0 Å². The molecule has 7 heteroatoms. The Bertz CT molecular complexity index is 330. The van der Waals surface area contributed by atoms with Crippen LogP contribution < -0.4 is 5.32 Å². The van der Waals surface area contributed by atoms with E-state index in [9.17, 15) is 9.59 Å². The van der Waals surface area contributed by atoms with Crippen LogP contribution in [0.5, 0.6) is 0 Å². The van der Waals surface area contributed by atoms with Crippen molar-refractivity contribution < 1.29 is 19.4 Å². The van der Waals surface area contributed by atoms with E-state index >= 15 is 0 Å². The average Bonchev–Trinajstić information content (AvgIpc) is 2.44. The Morgan fingerprint density at radius 3 is 2.35 bits per heavy atom. The molecule has 7 nitrogen and oxygen atoms in total. The molecule has 1 saturated heterocycles. The number of rotatable bonds is 6. The Labute approximate surface area is 119 Å². The van der Waals surface area contributed by atoms with Crippen LogP contribution in [0.2, 0.25) is 0 Å². The van der Waals surface area contributed by atoms with Crippen molar-refractivity contribution in [2.45, 2.75) is 32.4 Å². The minimum Gasteiger partial charge on any atom is -0.480 e. The van der Waals surface area contributed by atoms with Crippen molar-refractivity contribution in [3.8, 4) is 0 Å². The summed E-state index contributed by atoms with van der Waals surface area (Å²) in [6.07, 6.45) is 0.776. The molecule has 20 heavy (non-hydrogen) atoms. The molecule has 0 aromatic rings. The van der Waals surface area contributed by atoms with E-state index in [1.165, 1.54) is 0 Å². The zero-order chi connectivity index (χ0) is 15.1. The third-order valence-electron chi connectivity index (χ3n) is 3.63. The lowest BCUT2D eigenvalue weighted by Crippen LogP contribution is -2.56. The van der Waals surface area contributed by atoms with Gasteiger partial charge in [-0.3, -0.25) is 9.69 Å². The Balaban J connectivity index is 2.33. The van der Waals surface area contributed by atoms with E-state index in [-0.39, 0.29) is 12.1 Å². The van der Waals surface area contributed by atoms with Gasteiger partial charge in [0, 0.05) is 45.9 Å². The molecule has 1 rings (SSSR count). The fourth-order valence-electron chi connectivity index (χ4n) is 2.14. The molecular weight excluding hydrogens is 262 g/mol. The molecule has 0 spiro atoms. The molecule has 0 bridgehead atoms. The summed E-state index contributed by atoms with van der Waals surface area (Å²) < 4.78 is 4.98. The number of urea groups is 1. The monoisotopic (exact) mass is 287 g/mol. The molecule has 0 aromatic heterocycles. The first-order valence-corrected chi connectivity index (χ1v) is 6.97. The van der Waals surface area contributed by atoms with Crippen molar-refractivity contribution in [1.82, 2.24) is 15.1 Å². The van der Waals surface area contributed by atoms with Crippen molar-refractivity contribution in [2.24, 2.45) is 0 Å². The first kappa shape index (κ1) is 16.7. The molecule has 1 aliphatic heterocycles. The van der Waals surface area contributed by atoms with Crippen molar-refractivity contribution in [2.75, 3.05) is 39.9 Å². The fourth-order valence-corrected chi connectivity index (χ4v) is 2.14. The zero-order valence-electron chi connectivity index (χ0n) is 12.5. The summed E-state index contributed by atoms with van der Waals surface area (Å²) in [6.45, 7) is 6.53. The molecule has 0 radical (unpaired) electrons. The van der Waals surface area contributed by atoms with Crippen molar-refractivity contribution in [1.29, 1.82) is 0 Å². The predicted octanol–water partition coefficient (Wildman–Crippen LogP) is 0.212. The lowest BCUT2D eigenvalue weighted by molar-refractivity contribution is -0.143. The summed E-state index contributed by atoms with van der Waals surface area (Å²) in [5.74, 6) is -0.823. The van der Waals surface area contributed by atoms with Gasteiger partial charge in [0.25, 0.3) is 0 Å². The summed E-state index contributed by atoms with van der Waals surface area (Å²) in [5, 5.41) is 11.9. The number of hydrogen-bond donors (Lipinski definition) is 2. The van der Waals surface area contributed by atoms with Crippen LogP contribution in [0.3, 0.4) is 0 Å². The normalized spacial score (nSPS) is 19.4. The molecule has 2 atom stereocenters. The first-order valence-electron chi connectivity index (χ1n) is 6.97. The van der Waals surface area contributed by atoms with Gasteiger partial charge in [-0.15, -0.1) is 0 Å². The van der Waals surface area contributed by atoms with E-state index in [0.29, 0.717) is 32.8 Å². The van der Waals surface area contributed by atoms with E-state index in [0.717, 1.165) is 6.42 Å². The maximum absolute atomic E-state index is 12.0. The number of ether oxygens (including phenoxy) is 1. The van der Waals surface area contributed by atoms with Crippen LogP contribution in [-0.4, -0.2) is 78.9 Å². The van der Waals surface area contributed by atoms with Gasteiger partial charge >= 0.3 is 12.0 Å². The third-order valence-corrected chi connectivity index (χ3v) is 3.63. The Morgan fingerprint density at radius 2 is 1.85 bits per heavy atom. The second-order valence-electron chi connectivity index (χ2n) is 5.17. The number of aliphatic carboxylic acids is 1. The predicted molar refractivity (Wildman–Crippen MR) is 74.7 cm³/mol. The molecule has 2 unspecified atom stereocenters. The number of piperazine rings is 1. The second-order valence-corrected chi connectivity index (χ2v) is 5.17. The number of nitrogens with zero attached hydrogens (tertiary/aromatic N) is 2. The van der Waals surface area contributed by atoms with Crippen LogP contribution in [0, 0.1) is 0 Å². The summed E-state index contributed by atoms with van der Waals surface area (Å²) in [5.41, 5.74) is 0. The summed E-state index contributed by atoms with van der Waals surface area (Å²) in [7, 11) is 1.64. The molecule has 2 amide bonds. The highest BCUT2D eigenvalue weighted by Gasteiger charge is 2.27. The Kier molecular flexibility index (Phi) is 6.74. The van der Waals surface area contributed by atoms with Gasteiger partial charge in [-0.1, -0.05) is 0 Å². The Hall–Kier alpha value is -1.34. The lowest BCUT2D eigenvalue weighted by Gasteiger charge is -2.36. The summed E-state index contributed by atoms with van der Waals surface area (Å²) in [4.78, 5) is 26.5. The van der Waals surface area contributed by atoms with Crippen LogP contribution in [0.4, 0.5) is 4.79 Å². The van der Waals surface area contributed by atoms with Crippen LogP contribution in [0.25, 0.3) is 0 Å². The summed E-state index contributed by atoms with van der Waals surface area (Å²) >= 11 is 0. The smallest absolute Gasteiger partial charge is 0.320 e. The lowest BCUT2D eigenvalue weighted by atomic mass is 10.2. The largest absolute Gasteiger partial charge is 0.480 e. The number of nitrogens with one attached hydrogen (secondary N) is 1. The fraction of sp³-hybridized carbons (Fsp3) is 0.846. The number of carbonyl (C=O) groups excluding carboxylic acids is 1. The molecule has 1 heterocycles. The van der Waals surface area contributed by atoms with Gasteiger partial charge < -0.3 is 20.1 Å². The van der Waals surface area contributed by atoms with E-state index in [4.69, 9.17) is 9.84 Å². The van der Waals surface area contributed by atoms with Crippen molar-refractivity contribution in [3.63, 3.8) is 0 Å². The number of carbonyl (C=O) groups is 2. The number of hydrogen-bond acceptors (Lipinski definition) is 4. The van der Waals surface area contributed by atoms with Gasteiger partial charge in [-0.05, 0) is 20.3 Å². The van der Waals surface area contributed by atoms with E-state index < -0.39 is 12.0 Å². The number of carboxylic acids is 1. The maximum atomic E-state index is 12.0. The average molecular weight is 287 g/mol. The molecular formula is C13H25N3O4. The minimum absolute atomic E-state index is 0.0680. The minimum atomic E-state index is -0.823. The van der Waals surface area contributed by atoms with Gasteiger partial charge in [0.15, 0.2) is 0 Å². The van der Waals surface area contributed by atoms with Gasteiger partial charge in [0.1, 0.15) is 6.04 Å². The van der Waals surface area contributed by atoms with Crippen molar-refractivity contribution >= 4 is 12.0 Å². The number of methoxy groups -OCH3 is 1. The zero-order valence-corrected chi connectivity index (χ0v) is 12.5. The quantitative estimate of drug-likeness (QED) is 0.730. The van der Waals surface area contributed by atoms with Crippen LogP contribution in [0.1, 0.15) is 20.3 Å². The molecule has 2 N–H and O–H groups in total. The van der Waals surface area contributed by atoms with Gasteiger partial charge in [-0.25, -0.2) is 4.79 Å². The van der Waals surface area contributed by atoms with Crippen LogP contribution >= 0.6 is 0 Å². The highest BCUT2D eigenvalue weighted by atomic mass is 16.5. The van der Waals surface area contributed by atoms with E-state index in [1.54, 1.807) is 18.9 Å². The molecule has 0 aromatic carbocycles. The van der Waals surface area contributed by atoms with E-state index in [2.05, 4.69) is 5.32 Å². The third kappa shape index (κ3) is 4.97. The standard InChI is InChI=1S/C13H25N3O4/c1-10(4-9-20-3)14-13(19)16-7-5-15(6-8-16)11(2)12(17)18/h10-11H,4-9H2,1-3H3,(H,14,19)(H,17,18). The van der Waals surface area contributed by atoms with Crippen LogP contribution in [0.15, 0.2) is 0 Å². The summed E-state index contributed by atoms with van der Waals surface area (Å²) in [6, 6.07) is -0.518. The maximum Gasteiger partial charge on any atom is 0.320 e. The highest BCUT2D eigenvalue weighted by molar-refractivity contribution is 5.75. The topological polar surface area (TPSA) is 82.1 Å². The molecule has 1 fully saturated rings.